The van der Waals surface area contributed by atoms with E-state index in [2.05, 4.69) is 60.4 Å². The van der Waals surface area contributed by atoms with Gasteiger partial charge in [0.25, 0.3) is 0 Å². The van der Waals surface area contributed by atoms with Crippen LogP contribution in [0.2, 0.25) is 18.1 Å². The lowest BCUT2D eigenvalue weighted by atomic mass is 9.49. The lowest BCUT2D eigenvalue weighted by Crippen LogP contribution is -2.52. The summed E-state index contributed by atoms with van der Waals surface area (Å²) in [6.45, 7) is 23.1. The SMILES string of the molecule is C=C1CC[C@H]2[C@H](CC#N)[C@@H]([C@@]3(C)CC[C@H](OC(C)=O)C[C@@H]3CO[Si](C)(C)C(C)(C)C)CC[C@]12C. The molecule has 0 aromatic rings. The molecule has 0 heterocycles. The van der Waals surface area contributed by atoms with E-state index in [9.17, 15) is 10.1 Å². The quantitative estimate of drug-likeness (QED) is 0.219. The van der Waals surface area contributed by atoms with Crippen LogP contribution < -0.4 is 0 Å². The fourth-order valence-electron chi connectivity index (χ4n) is 7.40. The number of carbonyl (C=O) groups is 1. The summed E-state index contributed by atoms with van der Waals surface area (Å²) < 4.78 is 12.5. The first-order valence-corrected chi connectivity index (χ1v) is 16.4. The maximum Gasteiger partial charge on any atom is 0.302 e. The van der Waals surface area contributed by atoms with Crippen molar-refractivity contribution in [2.24, 2.45) is 34.5 Å². The van der Waals surface area contributed by atoms with Gasteiger partial charge in [-0.25, -0.2) is 0 Å². The monoisotopic (exact) mass is 487 g/mol. The molecule has 7 atom stereocenters. The van der Waals surface area contributed by atoms with Crippen LogP contribution in [0.4, 0.5) is 0 Å². The van der Waals surface area contributed by atoms with Crippen molar-refractivity contribution in [2.75, 3.05) is 6.61 Å². The highest BCUT2D eigenvalue weighted by molar-refractivity contribution is 6.74. The number of hydrogen-bond donors (Lipinski definition) is 0. The number of nitrogens with zero attached hydrogens (tertiary/aromatic N) is 1. The van der Waals surface area contributed by atoms with E-state index in [1.807, 2.05) is 0 Å². The maximum atomic E-state index is 11.8. The molecule has 5 heteroatoms. The molecule has 3 aliphatic carbocycles. The molecule has 0 bridgehead atoms. The molecule has 0 radical (unpaired) electrons. The summed E-state index contributed by atoms with van der Waals surface area (Å²) in [6, 6.07) is 2.57. The van der Waals surface area contributed by atoms with E-state index in [-0.39, 0.29) is 27.9 Å². The molecule has 0 aliphatic heterocycles. The highest BCUT2D eigenvalue weighted by Gasteiger charge is 2.57. The average Bonchev–Trinajstić information content (AvgIpc) is 3.02. The summed E-state index contributed by atoms with van der Waals surface area (Å²) in [6.07, 6.45) is 8.06. The predicted octanol–water partition coefficient (Wildman–Crippen LogP) is 7.66. The van der Waals surface area contributed by atoms with Gasteiger partial charge in [-0.15, -0.1) is 0 Å². The molecule has 0 aromatic carbocycles. The molecule has 4 nitrogen and oxygen atoms in total. The standard InChI is InChI=1S/C29H49NO3Si/c1-20-10-11-25-24(14-17-30)26(13-16-28(20,25)6)29(7)15-12-23(33-21(2)31)18-22(29)19-32-34(8,9)27(3,4)5/h22-26H,1,10-16,18-19H2,2-9H3/t22-,23+,24+,25+,26+,28-,29+/m1/s1. The molecular formula is C29H49NO3Si. The molecule has 0 spiro atoms. The predicted molar refractivity (Wildman–Crippen MR) is 141 cm³/mol. The normalized spacial score (nSPS) is 38.8. The molecule has 3 rings (SSSR count). The van der Waals surface area contributed by atoms with Crippen LogP contribution >= 0.6 is 0 Å². The fraction of sp³-hybridized carbons (Fsp3) is 0.862. The van der Waals surface area contributed by atoms with Crippen LogP contribution in [-0.4, -0.2) is 27.0 Å². The Hall–Kier alpha value is -1.12. The van der Waals surface area contributed by atoms with Crippen LogP contribution in [0.25, 0.3) is 0 Å². The largest absolute Gasteiger partial charge is 0.463 e. The topological polar surface area (TPSA) is 59.3 Å². The molecule has 34 heavy (non-hydrogen) atoms. The molecule has 0 unspecified atom stereocenters. The van der Waals surface area contributed by atoms with Crippen molar-refractivity contribution in [1.29, 1.82) is 5.26 Å². The van der Waals surface area contributed by atoms with Gasteiger partial charge in [-0.05, 0) is 97.6 Å². The Labute approximate surface area is 210 Å². The van der Waals surface area contributed by atoms with E-state index in [0.717, 1.165) is 38.7 Å². The summed E-state index contributed by atoms with van der Waals surface area (Å²) >= 11 is 0. The third-order valence-electron chi connectivity index (χ3n) is 10.8. The van der Waals surface area contributed by atoms with Gasteiger partial charge in [0.2, 0.25) is 0 Å². The van der Waals surface area contributed by atoms with Gasteiger partial charge in [-0.3, -0.25) is 4.79 Å². The molecule has 0 aromatic heterocycles. The number of allylic oxidation sites excluding steroid dienone is 1. The van der Waals surface area contributed by atoms with Gasteiger partial charge in [0.15, 0.2) is 8.32 Å². The highest BCUT2D eigenvalue weighted by atomic mass is 28.4. The fourth-order valence-corrected chi connectivity index (χ4v) is 8.45. The number of ether oxygens (including phenoxy) is 1. The van der Waals surface area contributed by atoms with Crippen molar-refractivity contribution >= 4 is 14.3 Å². The van der Waals surface area contributed by atoms with Crippen molar-refractivity contribution in [1.82, 2.24) is 0 Å². The van der Waals surface area contributed by atoms with Crippen LogP contribution in [0, 0.1) is 45.8 Å². The second kappa shape index (κ2) is 9.73. The van der Waals surface area contributed by atoms with Gasteiger partial charge >= 0.3 is 5.97 Å². The number of carbonyl (C=O) groups excluding carboxylic acids is 1. The molecule has 0 amide bonds. The maximum absolute atomic E-state index is 11.8. The third kappa shape index (κ3) is 5.05. The van der Waals surface area contributed by atoms with Crippen molar-refractivity contribution in [3.05, 3.63) is 12.2 Å². The Morgan fingerprint density at radius 2 is 1.85 bits per heavy atom. The third-order valence-corrected chi connectivity index (χ3v) is 15.3. The second-order valence-corrected chi connectivity index (χ2v) is 18.4. The van der Waals surface area contributed by atoms with E-state index in [1.54, 1.807) is 0 Å². The molecule has 0 saturated heterocycles. The number of rotatable bonds is 6. The van der Waals surface area contributed by atoms with Crippen molar-refractivity contribution in [2.45, 2.75) is 117 Å². The van der Waals surface area contributed by atoms with Gasteiger partial charge in [-0.1, -0.05) is 46.8 Å². The Morgan fingerprint density at radius 1 is 1.18 bits per heavy atom. The zero-order chi connectivity index (χ0) is 25.5. The second-order valence-electron chi connectivity index (χ2n) is 13.6. The lowest BCUT2D eigenvalue weighted by Gasteiger charge is -2.57. The molecule has 0 N–H and O–H groups in total. The Bertz CT molecular complexity index is 824. The van der Waals surface area contributed by atoms with E-state index in [0.29, 0.717) is 30.1 Å². The Kier molecular flexibility index (Phi) is 7.86. The van der Waals surface area contributed by atoms with Crippen LogP contribution in [0.3, 0.4) is 0 Å². The van der Waals surface area contributed by atoms with E-state index < -0.39 is 8.32 Å². The van der Waals surface area contributed by atoms with Crippen LogP contribution in [0.15, 0.2) is 12.2 Å². The Morgan fingerprint density at radius 3 is 2.44 bits per heavy atom. The smallest absolute Gasteiger partial charge is 0.302 e. The first kappa shape index (κ1) is 27.5. The number of nitriles is 1. The minimum Gasteiger partial charge on any atom is -0.463 e. The molecule has 3 aliphatic rings. The van der Waals surface area contributed by atoms with Crippen molar-refractivity contribution < 1.29 is 14.0 Å². The van der Waals surface area contributed by atoms with Crippen LogP contribution in [0.5, 0.6) is 0 Å². The average molecular weight is 488 g/mol. The molecule has 3 fully saturated rings. The van der Waals surface area contributed by atoms with Gasteiger partial charge in [0, 0.05) is 20.0 Å². The number of fused-ring (bicyclic) bond motifs is 1. The lowest BCUT2D eigenvalue weighted by molar-refractivity contribution is -0.155. The summed E-state index contributed by atoms with van der Waals surface area (Å²) in [5.74, 6) is 1.62. The molecule has 3 saturated carbocycles. The van der Waals surface area contributed by atoms with Crippen LogP contribution in [-0.2, 0) is 14.0 Å². The van der Waals surface area contributed by atoms with Gasteiger partial charge in [0.1, 0.15) is 6.10 Å². The van der Waals surface area contributed by atoms with Gasteiger partial charge in [-0.2, -0.15) is 5.26 Å². The van der Waals surface area contributed by atoms with E-state index in [1.165, 1.54) is 25.3 Å². The zero-order valence-electron chi connectivity index (χ0n) is 23.1. The van der Waals surface area contributed by atoms with Crippen molar-refractivity contribution in [3.63, 3.8) is 0 Å². The highest BCUT2D eigenvalue weighted by Crippen LogP contribution is 2.64. The summed E-state index contributed by atoms with van der Waals surface area (Å²) in [5, 5.41) is 10.0. The van der Waals surface area contributed by atoms with Gasteiger partial charge < -0.3 is 9.16 Å². The number of esters is 1. The minimum atomic E-state index is -1.90. The Balaban J connectivity index is 1.91. The first-order valence-electron chi connectivity index (χ1n) is 13.5. The summed E-state index contributed by atoms with van der Waals surface area (Å²) in [4.78, 5) is 11.8. The van der Waals surface area contributed by atoms with Gasteiger partial charge in [0.05, 0.1) is 6.07 Å². The molecular weight excluding hydrogens is 438 g/mol. The summed E-state index contributed by atoms with van der Waals surface area (Å²) in [7, 11) is -1.90. The minimum absolute atomic E-state index is 0.0203. The number of hydrogen-bond acceptors (Lipinski definition) is 4. The molecule has 192 valence electrons. The van der Waals surface area contributed by atoms with E-state index in [4.69, 9.17) is 9.16 Å². The summed E-state index contributed by atoms with van der Waals surface area (Å²) in [5.41, 5.74) is 1.68. The zero-order valence-corrected chi connectivity index (χ0v) is 24.1. The first-order chi connectivity index (χ1) is 15.7. The van der Waals surface area contributed by atoms with Crippen molar-refractivity contribution in [3.8, 4) is 6.07 Å². The van der Waals surface area contributed by atoms with E-state index >= 15 is 0 Å². The van der Waals surface area contributed by atoms with Crippen LogP contribution in [0.1, 0.15) is 92.9 Å².